The quantitative estimate of drug-likeness (QED) is 0.908. The topological polar surface area (TPSA) is 76.1 Å². The van der Waals surface area contributed by atoms with Crippen LogP contribution in [0.1, 0.15) is 11.3 Å². The Balaban J connectivity index is 2.05. The van der Waals surface area contributed by atoms with Gasteiger partial charge in [-0.15, -0.1) is 0 Å². The molecule has 1 aromatic heterocycles. The fraction of sp³-hybridized carbons (Fsp3) is 0.200. The highest BCUT2D eigenvalue weighted by Gasteiger charge is 2.26. The lowest BCUT2D eigenvalue weighted by molar-refractivity contribution is -0.115. The molecule has 2 rings (SSSR count). The van der Waals surface area contributed by atoms with E-state index in [2.05, 4.69) is 10.3 Å². The Bertz CT molecular complexity index is 806. The zero-order chi connectivity index (χ0) is 17.0. The summed E-state index contributed by atoms with van der Waals surface area (Å²) in [4.78, 5) is 15.5. The standard InChI is InChI=1S/C15H14F2N2O3S/c1-10-3-2-4-13(18-10)19-14(20)9-11-5-7-12(8-6-11)23(21,22)15(16)17/h2-8,15H,9H2,1H3,(H,18,19,20). The van der Waals surface area contributed by atoms with Crippen molar-refractivity contribution in [3.05, 3.63) is 53.7 Å². The number of nitrogens with one attached hydrogen (secondary N) is 1. The van der Waals surface area contributed by atoms with Crippen molar-refractivity contribution in [3.63, 3.8) is 0 Å². The molecule has 23 heavy (non-hydrogen) atoms. The predicted octanol–water partition coefficient (Wildman–Crippen LogP) is 2.57. The van der Waals surface area contributed by atoms with Gasteiger partial charge in [-0.05, 0) is 36.8 Å². The highest BCUT2D eigenvalue weighted by Crippen LogP contribution is 2.19. The molecule has 2 aromatic rings. The molecule has 8 heteroatoms. The summed E-state index contributed by atoms with van der Waals surface area (Å²) < 4.78 is 47.5. The summed E-state index contributed by atoms with van der Waals surface area (Å²) in [7, 11) is -4.62. The molecule has 0 aliphatic rings. The van der Waals surface area contributed by atoms with Crippen molar-refractivity contribution in [3.8, 4) is 0 Å². The molecule has 0 aliphatic carbocycles. The van der Waals surface area contributed by atoms with Gasteiger partial charge in [-0.1, -0.05) is 18.2 Å². The van der Waals surface area contributed by atoms with Gasteiger partial charge >= 0.3 is 5.76 Å². The van der Waals surface area contributed by atoms with E-state index in [9.17, 15) is 22.0 Å². The molecule has 0 atom stereocenters. The molecule has 1 N–H and O–H groups in total. The first kappa shape index (κ1) is 17.0. The predicted molar refractivity (Wildman–Crippen MR) is 80.9 cm³/mol. The van der Waals surface area contributed by atoms with Gasteiger partial charge in [0, 0.05) is 5.69 Å². The van der Waals surface area contributed by atoms with E-state index in [1.807, 2.05) is 0 Å². The first-order valence-corrected chi connectivity index (χ1v) is 8.18. The van der Waals surface area contributed by atoms with Gasteiger partial charge in [0.15, 0.2) is 0 Å². The number of hydrogen-bond acceptors (Lipinski definition) is 4. The molecule has 122 valence electrons. The van der Waals surface area contributed by atoms with Crippen molar-refractivity contribution >= 4 is 21.6 Å². The van der Waals surface area contributed by atoms with Gasteiger partial charge in [-0.3, -0.25) is 4.79 Å². The van der Waals surface area contributed by atoms with E-state index < -0.39 is 20.5 Å². The van der Waals surface area contributed by atoms with Gasteiger partial charge in [0.2, 0.25) is 15.7 Å². The van der Waals surface area contributed by atoms with Crippen molar-refractivity contribution in [1.82, 2.24) is 4.98 Å². The van der Waals surface area contributed by atoms with Crippen LogP contribution in [-0.2, 0) is 21.1 Å². The van der Waals surface area contributed by atoms with E-state index in [-0.39, 0.29) is 12.3 Å². The molecule has 0 radical (unpaired) electrons. The maximum atomic E-state index is 12.4. The van der Waals surface area contributed by atoms with Crippen LogP contribution in [0.25, 0.3) is 0 Å². The molecule has 5 nitrogen and oxygen atoms in total. The number of halogens is 2. The Morgan fingerprint density at radius 2 is 1.83 bits per heavy atom. The number of nitrogens with zero attached hydrogens (tertiary/aromatic N) is 1. The third kappa shape index (κ3) is 4.32. The van der Waals surface area contributed by atoms with Crippen molar-refractivity contribution in [2.45, 2.75) is 24.0 Å². The molecule has 0 saturated carbocycles. The average Bonchev–Trinajstić information content (AvgIpc) is 2.47. The summed E-state index contributed by atoms with van der Waals surface area (Å²) in [5, 5.41) is 2.61. The Hall–Kier alpha value is -2.35. The molecule has 0 saturated heterocycles. The van der Waals surface area contributed by atoms with Gasteiger partial charge in [-0.25, -0.2) is 13.4 Å². The molecule has 0 bridgehead atoms. The van der Waals surface area contributed by atoms with E-state index in [1.54, 1.807) is 25.1 Å². The Morgan fingerprint density at radius 1 is 1.17 bits per heavy atom. The second-order valence-electron chi connectivity index (χ2n) is 4.84. The summed E-state index contributed by atoms with van der Waals surface area (Å²) in [6, 6.07) is 9.98. The molecular weight excluding hydrogens is 326 g/mol. The van der Waals surface area contributed by atoms with Gasteiger partial charge in [0.25, 0.3) is 0 Å². The Kier molecular flexibility index (Phi) is 5.05. The monoisotopic (exact) mass is 340 g/mol. The summed E-state index contributed by atoms with van der Waals surface area (Å²) in [6.45, 7) is 1.79. The number of benzene rings is 1. The highest BCUT2D eigenvalue weighted by atomic mass is 32.2. The first-order valence-electron chi connectivity index (χ1n) is 6.63. The normalized spacial score (nSPS) is 11.5. The smallest absolute Gasteiger partial charge is 0.310 e. The minimum Gasteiger partial charge on any atom is -0.310 e. The molecule has 0 spiro atoms. The van der Waals surface area contributed by atoms with Crippen molar-refractivity contribution in [2.24, 2.45) is 0 Å². The second-order valence-corrected chi connectivity index (χ2v) is 6.76. The van der Waals surface area contributed by atoms with Crippen LogP contribution >= 0.6 is 0 Å². The van der Waals surface area contributed by atoms with E-state index in [0.29, 0.717) is 11.4 Å². The molecular formula is C15H14F2N2O3S. The van der Waals surface area contributed by atoms with E-state index in [4.69, 9.17) is 0 Å². The van der Waals surface area contributed by atoms with Crippen molar-refractivity contribution in [1.29, 1.82) is 0 Å². The molecule has 0 aliphatic heterocycles. The summed E-state index contributed by atoms with van der Waals surface area (Å²) in [5.41, 5.74) is 1.26. The molecule has 1 heterocycles. The zero-order valence-corrected chi connectivity index (χ0v) is 13.0. The Morgan fingerprint density at radius 3 is 2.39 bits per heavy atom. The van der Waals surface area contributed by atoms with Crippen LogP contribution in [0, 0.1) is 6.92 Å². The molecule has 1 aromatic carbocycles. The van der Waals surface area contributed by atoms with Crippen LogP contribution < -0.4 is 5.32 Å². The van der Waals surface area contributed by atoms with Crippen LogP contribution in [0.2, 0.25) is 0 Å². The third-order valence-electron chi connectivity index (χ3n) is 3.01. The lowest BCUT2D eigenvalue weighted by atomic mass is 10.1. The number of anilines is 1. The minimum absolute atomic E-state index is 0.0232. The Labute approximate surface area is 132 Å². The summed E-state index contributed by atoms with van der Waals surface area (Å²) in [5.74, 6) is -3.40. The lowest BCUT2D eigenvalue weighted by Gasteiger charge is -2.07. The minimum atomic E-state index is -4.62. The number of amides is 1. The number of pyridine rings is 1. The van der Waals surface area contributed by atoms with Crippen molar-refractivity contribution < 1.29 is 22.0 Å². The van der Waals surface area contributed by atoms with Gasteiger partial charge < -0.3 is 5.32 Å². The average molecular weight is 340 g/mol. The number of sulfone groups is 1. The number of aryl methyl sites for hydroxylation is 1. The summed E-state index contributed by atoms with van der Waals surface area (Å²) >= 11 is 0. The second kappa shape index (κ2) is 6.82. The number of rotatable bonds is 5. The fourth-order valence-electron chi connectivity index (χ4n) is 1.88. The van der Waals surface area contributed by atoms with Crippen LogP contribution in [0.4, 0.5) is 14.6 Å². The zero-order valence-electron chi connectivity index (χ0n) is 12.2. The van der Waals surface area contributed by atoms with Gasteiger partial charge in [0.1, 0.15) is 5.82 Å². The SMILES string of the molecule is Cc1cccc(NC(=O)Cc2ccc(S(=O)(=O)C(F)F)cc2)n1. The maximum absolute atomic E-state index is 12.4. The summed E-state index contributed by atoms with van der Waals surface area (Å²) in [6.07, 6.45) is -0.0232. The number of hydrogen-bond donors (Lipinski definition) is 1. The fourth-order valence-corrected chi connectivity index (χ4v) is 2.61. The number of carbonyl (C=O) groups excluding carboxylic acids is 1. The lowest BCUT2D eigenvalue weighted by Crippen LogP contribution is -2.16. The number of aromatic nitrogens is 1. The van der Waals surface area contributed by atoms with Crippen LogP contribution in [0.3, 0.4) is 0 Å². The van der Waals surface area contributed by atoms with Crippen LogP contribution in [-0.4, -0.2) is 25.1 Å². The van der Waals surface area contributed by atoms with E-state index in [1.165, 1.54) is 12.1 Å². The van der Waals surface area contributed by atoms with Gasteiger partial charge in [-0.2, -0.15) is 8.78 Å². The molecule has 0 fully saturated rings. The number of carbonyl (C=O) groups is 1. The first-order chi connectivity index (χ1) is 10.8. The van der Waals surface area contributed by atoms with E-state index >= 15 is 0 Å². The molecule has 0 unspecified atom stereocenters. The largest absolute Gasteiger partial charge is 0.341 e. The van der Waals surface area contributed by atoms with Crippen LogP contribution in [0.5, 0.6) is 0 Å². The molecule has 1 amide bonds. The van der Waals surface area contributed by atoms with E-state index in [0.717, 1.165) is 17.8 Å². The maximum Gasteiger partial charge on any atom is 0.341 e. The third-order valence-corrected chi connectivity index (χ3v) is 4.41. The number of alkyl halides is 2. The van der Waals surface area contributed by atoms with Crippen LogP contribution in [0.15, 0.2) is 47.4 Å². The van der Waals surface area contributed by atoms with Crippen molar-refractivity contribution in [2.75, 3.05) is 5.32 Å². The van der Waals surface area contributed by atoms with Gasteiger partial charge in [0.05, 0.1) is 11.3 Å². The highest BCUT2D eigenvalue weighted by molar-refractivity contribution is 7.91.